The quantitative estimate of drug-likeness (QED) is 0.925. The molecule has 3 rings (SSSR count). The fourth-order valence-electron chi connectivity index (χ4n) is 3.60. The lowest BCUT2D eigenvalue weighted by atomic mass is 9.95. The van der Waals surface area contributed by atoms with E-state index in [0.717, 1.165) is 37.6 Å². The van der Waals surface area contributed by atoms with Gasteiger partial charge in [-0.15, -0.1) is 0 Å². The van der Waals surface area contributed by atoms with Gasteiger partial charge in [0.05, 0.1) is 14.2 Å². The lowest BCUT2D eigenvalue weighted by Gasteiger charge is -2.34. The molecule has 1 saturated heterocycles. The number of nitrogens with one attached hydrogen (secondary N) is 1. The number of hydrogen-bond donors (Lipinski definition) is 1. The summed E-state index contributed by atoms with van der Waals surface area (Å²) in [5.74, 6) is 1.68. The van der Waals surface area contributed by atoms with Gasteiger partial charge in [0.2, 0.25) is 0 Å². The zero-order valence-electron chi connectivity index (χ0n) is 13.5. The minimum absolute atomic E-state index is 0.266. The van der Waals surface area contributed by atoms with E-state index in [1.54, 1.807) is 14.2 Å². The van der Waals surface area contributed by atoms with E-state index in [2.05, 4.69) is 36.2 Å². The maximum absolute atomic E-state index is 5.44. The number of benzene rings is 1. The van der Waals surface area contributed by atoms with Crippen LogP contribution in [0.5, 0.6) is 11.5 Å². The molecule has 1 fully saturated rings. The van der Waals surface area contributed by atoms with Gasteiger partial charge in [0.25, 0.3) is 0 Å². The van der Waals surface area contributed by atoms with Gasteiger partial charge in [-0.25, -0.2) is 0 Å². The number of methoxy groups -OCH3 is 2. The smallest absolute Gasteiger partial charge is 0.161 e. The third kappa shape index (κ3) is 2.87. The summed E-state index contributed by atoms with van der Waals surface area (Å²) in [4.78, 5) is 2.61. The van der Waals surface area contributed by atoms with Crippen molar-refractivity contribution in [3.05, 3.63) is 23.3 Å². The highest BCUT2D eigenvalue weighted by atomic mass is 16.5. The lowest BCUT2D eigenvalue weighted by molar-refractivity contribution is 0.184. The summed E-state index contributed by atoms with van der Waals surface area (Å²) >= 11 is 0. The van der Waals surface area contributed by atoms with Crippen molar-refractivity contribution in [3.8, 4) is 11.5 Å². The van der Waals surface area contributed by atoms with Gasteiger partial charge in [0.1, 0.15) is 0 Å². The maximum Gasteiger partial charge on any atom is 0.161 e. The van der Waals surface area contributed by atoms with E-state index in [4.69, 9.17) is 9.47 Å². The fourth-order valence-corrected chi connectivity index (χ4v) is 3.60. The first-order valence-electron chi connectivity index (χ1n) is 7.75. The molecule has 1 aromatic carbocycles. The second kappa shape index (κ2) is 5.50. The molecule has 2 aliphatic rings. The van der Waals surface area contributed by atoms with Gasteiger partial charge in [0, 0.05) is 31.2 Å². The van der Waals surface area contributed by atoms with Crippen LogP contribution in [0.4, 0.5) is 0 Å². The van der Waals surface area contributed by atoms with Gasteiger partial charge >= 0.3 is 0 Å². The standard InChI is InChI=1S/C17H26N2O2/c1-17(2)9-14(10-18-17)19-6-5-12-7-15(20-3)16(21-4)8-13(12)11-19/h7-8,14,18H,5-6,9-11H2,1-4H3. The molecule has 21 heavy (non-hydrogen) atoms. The van der Waals surface area contributed by atoms with Crippen molar-refractivity contribution in [2.24, 2.45) is 0 Å². The number of hydrogen-bond acceptors (Lipinski definition) is 4. The van der Waals surface area contributed by atoms with E-state index in [1.807, 2.05) is 0 Å². The van der Waals surface area contributed by atoms with E-state index in [-0.39, 0.29) is 5.54 Å². The second-order valence-electron chi connectivity index (χ2n) is 6.82. The molecule has 1 unspecified atom stereocenters. The molecule has 4 nitrogen and oxygen atoms in total. The van der Waals surface area contributed by atoms with Crippen LogP contribution in [0.15, 0.2) is 12.1 Å². The predicted molar refractivity (Wildman–Crippen MR) is 84.1 cm³/mol. The van der Waals surface area contributed by atoms with Crippen LogP contribution >= 0.6 is 0 Å². The van der Waals surface area contributed by atoms with Gasteiger partial charge in [0.15, 0.2) is 11.5 Å². The van der Waals surface area contributed by atoms with Crippen LogP contribution in [-0.4, -0.2) is 43.8 Å². The molecule has 1 atom stereocenters. The Kier molecular flexibility index (Phi) is 3.84. The summed E-state index contributed by atoms with van der Waals surface area (Å²) in [6.45, 7) is 7.82. The van der Waals surface area contributed by atoms with Crippen LogP contribution in [0.3, 0.4) is 0 Å². The van der Waals surface area contributed by atoms with Crippen LogP contribution in [-0.2, 0) is 13.0 Å². The van der Waals surface area contributed by atoms with Crippen molar-refractivity contribution in [2.45, 2.75) is 44.8 Å². The Hall–Kier alpha value is -1.26. The molecule has 0 amide bonds. The summed E-state index contributed by atoms with van der Waals surface area (Å²) in [7, 11) is 3.40. The molecule has 0 saturated carbocycles. The van der Waals surface area contributed by atoms with Crippen molar-refractivity contribution in [3.63, 3.8) is 0 Å². The van der Waals surface area contributed by atoms with E-state index in [1.165, 1.54) is 17.5 Å². The lowest BCUT2D eigenvalue weighted by Crippen LogP contribution is -2.40. The number of nitrogens with zero attached hydrogens (tertiary/aromatic N) is 1. The van der Waals surface area contributed by atoms with Crippen molar-refractivity contribution in [2.75, 3.05) is 27.3 Å². The molecule has 1 N–H and O–H groups in total. The number of ether oxygens (including phenoxy) is 2. The number of fused-ring (bicyclic) bond motifs is 1. The molecule has 0 radical (unpaired) electrons. The Morgan fingerprint density at radius 2 is 1.81 bits per heavy atom. The second-order valence-corrected chi connectivity index (χ2v) is 6.82. The highest BCUT2D eigenvalue weighted by Crippen LogP contribution is 2.34. The summed E-state index contributed by atoms with van der Waals surface area (Å²) in [5, 5.41) is 3.62. The van der Waals surface area contributed by atoms with Crippen LogP contribution in [0, 0.1) is 0 Å². The van der Waals surface area contributed by atoms with Crippen LogP contribution in [0.1, 0.15) is 31.4 Å². The van der Waals surface area contributed by atoms with Gasteiger partial charge in [-0.1, -0.05) is 0 Å². The molecule has 2 aliphatic heterocycles. The van der Waals surface area contributed by atoms with Gasteiger partial charge in [-0.05, 0) is 49.9 Å². The minimum Gasteiger partial charge on any atom is -0.493 e. The third-order valence-electron chi connectivity index (χ3n) is 4.83. The highest BCUT2D eigenvalue weighted by Gasteiger charge is 2.35. The minimum atomic E-state index is 0.266. The first-order chi connectivity index (χ1) is 10.0. The Morgan fingerprint density at radius 3 is 2.38 bits per heavy atom. The third-order valence-corrected chi connectivity index (χ3v) is 4.83. The van der Waals surface area contributed by atoms with Crippen molar-refractivity contribution < 1.29 is 9.47 Å². The summed E-state index contributed by atoms with van der Waals surface area (Å²) in [5.41, 5.74) is 3.04. The monoisotopic (exact) mass is 290 g/mol. The first-order valence-corrected chi connectivity index (χ1v) is 7.75. The van der Waals surface area contributed by atoms with E-state index in [0.29, 0.717) is 6.04 Å². The average Bonchev–Trinajstić information content (AvgIpc) is 2.85. The normalized spacial score (nSPS) is 24.7. The van der Waals surface area contributed by atoms with Crippen molar-refractivity contribution in [1.82, 2.24) is 10.2 Å². The molecule has 4 heteroatoms. The molecular weight excluding hydrogens is 264 g/mol. The Balaban J connectivity index is 1.79. The SMILES string of the molecule is COc1cc2c(cc1OC)CN(C1CNC(C)(C)C1)CC2. The fraction of sp³-hybridized carbons (Fsp3) is 0.647. The van der Waals surface area contributed by atoms with Crippen molar-refractivity contribution >= 4 is 0 Å². The largest absolute Gasteiger partial charge is 0.493 e. The summed E-state index contributed by atoms with van der Waals surface area (Å²) in [6.07, 6.45) is 2.31. The summed E-state index contributed by atoms with van der Waals surface area (Å²) < 4.78 is 10.8. The highest BCUT2D eigenvalue weighted by molar-refractivity contribution is 5.48. The molecular formula is C17H26N2O2. The number of rotatable bonds is 3. The Bertz CT molecular complexity index is 528. The Labute approximate surface area is 127 Å². The van der Waals surface area contributed by atoms with Gasteiger partial charge < -0.3 is 14.8 Å². The molecule has 0 aromatic heterocycles. The molecule has 0 spiro atoms. The maximum atomic E-state index is 5.44. The topological polar surface area (TPSA) is 33.7 Å². The van der Waals surface area contributed by atoms with Crippen LogP contribution < -0.4 is 14.8 Å². The Morgan fingerprint density at radius 1 is 1.14 bits per heavy atom. The zero-order chi connectivity index (χ0) is 15.0. The van der Waals surface area contributed by atoms with Crippen LogP contribution in [0.25, 0.3) is 0 Å². The molecule has 1 aromatic rings. The first kappa shape index (κ1) is 14.7. The molecule has 116 valence electrons. The van der Waals surface area contributed by atoms with Gasteiger partial charge in [-0.3, -0.25) is 4.90 Å². The molecule has 0 aliphatic carbocycles. The average molecular weight is 290 g/mol. The zero-order valence-corrected chi connectivity index (χ0v) is 13.5. The molecule has 2 heterocycles. The van der Waals surface area contributed by atoms with Crippen LogP contribution in [0.2, 0.25) is 0 Å². The van der Waals surface area contributed by atoms with Crippen molar-refractivity contribution in [1.29, 1.82) is 0 Å². The van der Waals surface area contributed by atoms with E-state index < -0.39 is 0 Å². The van der Waals surface area contributed by atoms with E-state index >= 15 is 0 Å². The molecule has 0 bridgehead atoms. The van der Waals surface area contributed by atoms with Gasteiger partial charge in [-0.2, -0.15) is 0 Å². The van der Waals surface area contributed by atoms with E-state index in [9.17, 15) is 0 Å². The summed E-state index contributed by atoms with van der Waals surface area (Å²) in [6, 6.07) is 4.93. The predicted octanol–water partition coefficient (Wildman–Crippen LogP) is 2.20.